The molecule has 4 aromatic rings. The van der Waals surface area contributed by atoms with Gasteiger partial charge in [-0.1, -0.05) is 5.57 Å². The van der Waals surface area contributed by atoms with Crippen molar-refractivity contribution in [2.24, 2.45) is 12.5 Å². The van der Waals surface area contributed by atoms with Gasteiger partial charge in [-0.3, -0.25) is 14.5 Å². The minimum atomic E-state index is -0.664. The average molecular weight is 500 g/mol. The smallest absolute Gasteiger partial charge is 0.191 e. The van der Waals surface area contributed by atoms with Gasteiger partial charge in [0.05, 0.1) is 29.2 Å². The van der Waals surface area contributed by atoms with E-state index in [4.69, 9.17) is 0 Å². The molecule has 0 bridgehead atoms. The maximum absolute atomic E-state index is 14.2. The molecule has 0 radical (unpaired) electrons. The topological polar surface area (TPSA) is 65.6 Å². The number of rotatable bonds is 5. The minimum absolute atomic E-state index is 0.0779. The maximum atomic E-state index is 14.2. The number of thioether (sulfide) groups is 1. The zero-order chi connectivity index (χ0) is 24.9. The van der Waals surface area contributed by atoms with Gasteiger partial charge in [-0.2, -0.15) is 10.2 Å². The molecule has 0 N–H and O–H groups in total. The van der Waals surface area contributed by atoms with Crippen LogP contribution in [-0.2, 0) is 13.5 Å². The number of hydrogen-bond acceptors (Lipinski definition) is 5. The molecule has 0 spiro atoms. The predicted molar refractivity (Wildman–Crippen MR) is 138 cm³/mol. The Morgan fingerprint density at radius 3 is 2.75 bits per heavy atom. The lowest BCUT2D eigenvalue weighted by molar-refractivity contribution is 0.0798. The summed E-state index contributed by atoms with van der Waals surface area (Å²) in [4.78, 5) is 19.8. The third kappa shape index (κ3) is 3.99. The van der Waals surface area contributed by atoms with Crippen LogP contribution in [-0.4, -0.2) is 35.6 Å². The summed E-state index contributed by atoms with van der Waals surface area (Å²) >= 11 is 1.80. The molecule has 2 aliphatic rings. The minimum Gasteiger partial charge on any atom is -0.291 e. The summed E-state index contributed by atoms with van der Waals surface area (Å²) in [5.41, 5.74) is 4.80. The number of hydrogen-bond donors (Lipinski definition) is 0. The van der Waals surface area contributed by atoms with Crippen molar-refractivity contribution < 1.29 is 9.18 Å². The SMILES string of the molecule is Cc1ccnc(C(=O)[C@]23Cc4cnn(-c5ccc(F)cc5)c4C=C2CC[C@H](Sc2cnn(C)c2)C3)c1. The quantitative estimate of drug-likeness (QED) is 0.334. The van der Waals surface area contributed by atoms with Gasteiger partial charge in [-0.25, -0.2) is 9.07 Å². The van der Waals surface area contributed by atoms with Crippen molar-refractivity contribution in [3.63, 3.8) is 0 Å². The normalized spacial score (nSPS) is 21.0. The molecule has 182 valence electrons. The molecule has 1 fully saturated rings. The van der Waals surface area contributed by atoms with Gasteiger partial charge >= 0.3 is 0 Å². The van der Waals surface area contributed by atoms with Crippen LogP contribution in [0.25, 0.3) is 11.8 Å². The second-order valence-electron chi connectivity index (χ2n) is 9.75. The zero-order valence-electron chi connectivity index (χ0n) is 20.2. The first-order valence-corrected chi connectivity index (χ1v) is 13.0. The van der Waals surface area contributed by atoms with E-state index in [9.17, 15) is 9.18 Å². The molecule has 8 heteroatoms. The van der Waals surface area contributed by atoms with Crippen LogP contribution in [0.15, 0.2) is 71.7 Å². The number of carbonyl (C=O) groups is 1. The van der Waals surface area contributed by atoms with E-state index in [1.165, 1.54) is 12.1 Å². The Balaban J connectivity index is 1.41. The van der Waals surface area contributed by atoms with E-state index in [-0.39, 0.29) is 16.9 Å². The molecule has 0 unspecified atom stereocenters. The third-order valence-corrected chi connectivity index (χ3v) is 8.47. The number of Topliss-reactive ketones (excluding diaryl/α,β-unsaturated/α-hetero) is 1. The summed E-state index contributed by atoms with van der Waals surface area (Å²) in [7, 11) is 1.92. The van der Waals surface area contributed by atoms with E-state index in [1.54, 1.807) is 30.1 Å². The number of carbonyl (C=O) groups excluding carboxylic acids is 1. The molecule has 3 heterocycles. The summed E-state index contributed by atoms with van der Waals surface area (Å²) in [6.07, 6.45) is 12.7. The number of aryl methyl sites for hydroxylation is 2. The van der Waals surface area contributed by atoms with Crippen LogP contribution >= 0.6 is 11.8 Å². The highest BCUT2D eigenvalue weighted by Crippen LogP contribution is 2.53. The Labute approximate surface area is 213 Å². The summed E-state index contributed by atoms with van der Waals surface area (Å²) in [5.74, 6) is -0.202. The van der Waals surface area contributed by atoms with Crippen molar-refractivity contribution in [3.05, 3.63) is 95.1 Å². The van der Waals surface area contributed by atoms with E-state index in [2.05, 4.69) is 21.3 Å². The van der Waals surface area contributed by atoms with Gasteiger partial charge in [0, 0.05) is 29.6 Å². The first-order valence-electron chi connectivity index (χ1n) is 12.1. The Morgan fingerprint density at radius 2 is 2.00 bits per heavy atom. The second kappa shape index (κ2) is 8.85. The Morgan fingerprint density at radius 1 is 1.17 bits per heavy atom. The first kappa shape index (κ1) is 22.9. The molecule has 1 saturated carbocycles. The Kier molecular flexibility index (Phi) is 5.63. The summed E-state index contributed by atoms with van der Waals surface area (Å²) < 4.78 is 17.2. The van der Waals surface area contributed by atoms with Crippen LogP contribution in [0.5, 0.6) is 0 Å². The van der Waals surface area contributed by atoms with Gasteiger partial charge in [-0.15, -0.1) is 11.8 Å². The molecule has 0 aliphatic heterocycles. The molecule has 6 rings (SSSR count). The number of pyridine rings is 1. The largest absolute Gasteiger partial charge is 0.291 e. The van der Waals surface area contributed by atoms with Gasteiger partial charge in [0.25, 0.3) is 0 Å². The van der Waals surface area contributed by atoms with Gasteiger partial charge in [0.15, 0.2) is 5.78 Å². The van der Waals surface area contributed by atoms with E-state index >= 15 is 0 Å². The number of allylic oxidation sites excluding steroid dienone is 1. The number of nitrogens with zero attached hydrogens (tertiary/aromatic N) is 5. The maximum Gasteiger partial charge on any atom is 0.191 e. The number of halogens is 1. The number of fused-ring (bicyclic) bond motifs is 2. The van der Waals surface area contributed by atoms with Crippen LogP contribution in [0.1, 0.15) is 46.6 Å². The van der Waals surface area contributed by atoms with Crippen LogP contribution in [0, 0.1) is 18.2 Å². The van der Waals surface area contributed by atoms with E-state index < -0.39 is 5.41 Å². The van der Waals surface area contributed by atoms with Gasteiger partial charge in [0.1, 0.15) is 11.5 Å². The summed E-state index contributed by atoms with van der Waals surface area (Å²) in [5, 5.41) is 9.23. The van der Waals surface area contributed by atoms with Crippen molar-refractivity contribution in [3.8, 4) is 5.69 Å². The van der Waals surface area contributed by atoms with E-state index in [1.807, 2.05) is 54.1 Å². The van der Waals surface area contributed by atoms with Crippen LogP contribution < -0.4 is 0 Å². The predicted octanol–water partition coefficient (Wildman–Crippen LogP) is 5.60. The Hall–Kier alpha value is -3.52. The lowest BCUT2D eigenvalue weighted by Crippen LogP contribution is -2.43. The summed E-state index contributed by atoms with van der Waals surface area (Å²) in [6, 6.07) is 10.1. The highest BCUT2D eigenvalue weighted by atomic mass is 32.2. The third-order valence-electron chi connectivity index (χ3n) is 7.25. The molecule has 0 saturated heterocycles. The second-order valence-corrected chi connectivity index (χ2v) is 11.1. The molecular weight excluding hydrogens is 473 g/mol. The van der Waals surface area contributed by atoms with Crippen molar-refractivity contribution in [2.75, 3.05) is 0 Å². The molecule has 2 atom stereocenters. The van der Waals surface area contributed by atoms with Gasteiger partial charge < -0.3 is 0 Å². The number of aromatic nitrogens is 5. The molecular formula is C28H26FN5OS. The molecule has 6 nitrogen and oxygen atoms in total. The fourth-order valence-electron chi connectivity index (χ4n) is 5.51. The fourth-order valence-corrected chi connectivity index (χ4v) is 6.82. The van der Waals surface area contributed by atoms with Gasteiger partial charge in [0.2, 0.25) is 0 Å². The van der Waals surface area contributed by atoms with E-state index in [0.29, 0.717) is 12.1 Å². The van der Waals surface area contributed by atoms with Crippen molar-refractivity contribution in [1.82, 2.24) is 24.5 Å². The number of ketones is 1. The van der Waals surface area contributed by atoms with Crippen molar-refractivity contribution >= 4 is 23.6 Å². The lowest BCUT2D eigenvalue weighted by atomic mass is 9.61. The molecule has 2 aliphatic carbocycles. The highest BCUT2D eigenvalue weighted by molar-refractivity contribution is 8.00. The van der Waals surface area contributed by atoms with Crippen LogP contribution in [0.4, 0.5) is 4.39 Å². The van der Waals surface area contributed by atoms with E-state index in [0.717, 1.165) is 52.2 Å². The van der Waals surface area contributed by atoms with Crippen LogP contribution in [0.3, 0.4) is 0 Å². The Bertz CT molecular complexity index is 1490. The summed E-state index contributed by atoms with van der Waals surface area (Å²) in [6.45, 7) is 1.99. The molecule has 36 heavy (non-hydrogen) atoms. The van der Waals surface area contributed by atoms with Crippen LogP contribution in [0.2, 0.25) is 0 Å². The first-order chi connectivity index (χ1) is 17.4. The van der Waals surface area contributed by atoms with Crippen molar-refractivity contribution in [1.29, 1.82) is 0 Å². The van der Waals surface area contributed by atoms with Gasteiger partial charge in [-0.05, 0) is 86.2 Å². The average Bonchev–Trinajstić information content (AvgIpc) is 3.47. The molecule has 3 aromatic heterocycles. The fraction of sp³-hybridized carbons (Fsp3) is 0.286. The number of benzene rings is 1. The highest BCUT2D eigenvalue weighted by Gasteiger charge is 2.49. The molecule has 1 aromatic carbocycles. The monoisotopic (exact) mass is 499 g/mol. The van der Waals surface area contributed by atoms with Crippen molar-refractivity contribution in [2.45, 2.75) is 42.8 Å². The molecule has 0 amide bonds. The lowest BCUT2D eigenvalue weighted by Gasteiger charge is -2.43. The standard InChI is InChI=1S/C28H26FN5OS/c1-18-9-10-30-25(11-18)27(35)28-13-19-15-32-34(22-6-4-21(29)5-7-22)26(19)12-20(28)3-8-23(14-28)36-24-16-31-33(2)17-24/h4-7,9-12,15-17,23H,3,8,13-14H2,1-2H3/t23-,28-/m0/s1. The zero-order valence-corrected chi connectivity index (χ0v) is 21.0.